The number of aromatic nitrogens is 1. The predicted molar refractivity (Wildman–Crippen MR) is 75.0 cm³/mol. The van der Waals surface area contributed by atoms with E-state index in [1.54, 1.807) is 0 Å². The third-order valence-corrected chi connectivity index (χ3v) is 3.37. The third-order valence-electron chi connectivity index (χ3n) is 3.18. The first kappa shape index (κ1) is 15.6. The molecule has 0 radical (unpaired) electrons. The number of hydrogen-bond acceptors (Lipinski definition) is 2. The van der Waals surface area contributed by atoms with E-state index in [2.05, 4.69) is 4.98 Å². The summed E-state index contributed by atoms with van der Waals surface area (Å²) in [5.41, 5.74) is 1.76. The van der Waals surface area contributed by atoms with Gasteiger partial charge in [0.15, 0.2) is 0 Å². The van der Waals surface area contributed by atoms with Crippen LogP contribution in [0.4, 0.5) is 13.2 Å². The van der Waals surface area contributed by atoms with Crippen molar-refractivity contribution in [2.45, 2.75) is 26.9 Å². The molecule has 6 heteroatoms. The fourth-order valence-corrected chi connectivity index (χ4v) is 2.08. The van der Waals surface area contributed by atoms with E-state index in [0.29, 0.717) is 5.75 Å². The lowest BCUT2D eigenvalue weighted by Gasteiger charge is -2.14. The second kappa shape index (κ2) is 5.56. The van der Waals surface area contributed by atoms with Crippen LogP contribution in [0.2, 0.25) is 5.15 Å². The van der Waals surface area contributed by atoms with Crippen molar-refractivity contribution in [2.24, 2.45) is 0 Å². The highest BCUT2D eigenvalue weighted by Crippen LogP contribution is 2.35. The SMILES string of the molecule is Cc1ccc(C)c(Oc2cc(C(F)(F)F)cc(Cl)n2)c1C. The Morgan fingerprint density at radius 1 is 1.05 bits per heavy atom. The Morgan fingerprint density at radius 2 is 1.67 bits per heavy atom. The smallest absolute Gasteiger partial charge is 0.416 e. The van der Waals surface area contributed by atoms with Crippen molar-refractivity contribution in [2.75, 3.05) is 0 Å². The highest BCUT2D eigenvalue weighted by Gasteiger charge is 2.32. The number of aryl methyl sites for hydroxylation is 2. The van der Waals surface area contributed by atoms with E-state index in [0.717, 1.165) is 28.8 Å². The highest BCUT2D eigenvalue weighted by molar-refractivity contribution is 6.29. The molecule has 0 atom stereocenters. The van der Waals surface area contributed by atoms with Crippen molar-refractivity contribution in [3.8, 4) is 11.6 Å². The van der Waals surface area contributed by atoms with Crippen LogP contribution in [0.15, 0.2) is 24.3 Å². The quantitative estimate of drug-likeness (QED) is 0.685. The van der Waals surface area contributed by atoms with Crippen molar-refractivity contribution < 1.29 is 17.9 Å². The van der Waals surface area contributed by atoms with E-state index in [-0.39, 0.29) is 11.0 Å². The average Bonchev–Trinajstić information content (AvgIpc) is 2.38. The summed E-state index contributed by atoms with van der Waals surface area (Å²) in [7, 11) is 0. The molecule has 1 heterocycles. The van der Waals surface area contributed by atoms with Gasteiger partial charge in [0.05, 0.1) is 5.56 Å². The van der Waals surface area contributed by atoms with E-state index >= 15 is 0 Å². The van der Waals surface area contributed by atoms with Crippen LogP contribution in [0.25, 0.3) is 0 Å². The molecule has 2 nitrogen and oxygen atoms in total. The van der Waals surface area contributed by atoms with Gasteiger partial charge in [0, 0.05) is 6.07 Å². The Bertz CT molecular complexity index is 683. The fourth-order valence-electron chi connectivity index (χ4n) is 1.88. The van der Waals surface area contributed by atoms with Crippen LogP contribution >= 0.6 is 11.6 Å². The van der Waals surface area contributed by atoms with Crippen molar-refractivity contribution in [3.63, 3.8) is 0 Å². The minimum absolute atomic E-state index is 0.174. The number of halogens is 4. The van der Waals surface area contributed by atoms with Gasteiger partial charge in [-0.3, -0.25) is 0 Å². The number of ether oxygens (including phenoxy) is 1. The Balaban J connectivity index is 2.46. The monoisotopic (exact) mass is 315 g/mol. The molecule has 2 rings (SSSR count). The van der Waals surface area contributed by atoms with Gasteiger partial charge in [-0.05, 0) is 43.5 Å². The largest absolute Gasteiger partial charge is 0.438 e. The second-order valence-electron chi connectivity index (χ2n) is 4.77. The number of rotatable bonds is 2. The molecule has 0 amide bonds. The normalized spacial score (nSPS) is 11.6. The Morgan fingerprint density at radius 3 is 2.29 bits per heavy atom. The molecule has 0 aliphatic rings. The summed E-state index contributed by atoms with van der Waals surface area (Å²) in [6.07, 6.45) is -4.50. The Hall–Kier alpha value is -1.75. The van der Waals surface area contributed by atoms with Gasteiger partial charge in [-0.15, -0.1) is 0 Å². The molecule has 1 aromatic heterocycles. The summed E-state index contributed by atoms with van der Waals surface area (Å²) in [6, 6.07) is 5.37. The van der Waals surface area contributed by atoms with Gasteiger partial charge in [0.2, 0.25) is 5.88 Å². The molecule has 2 aromatic rings. The summed E-state index contributed by atoms with van der Waals surface area (Å²) >= 11 is 5.64. The first-order valence-corrected chi connectivity index (χ1v) is 6.55. The maximum atomic E-state index is 12.8. The molecule has 112 valence electrons. The topological polar surface area (TPSA) is 22.1 Å². The van der Waals surface area contributed by atoms with Crippen molar-refractivity contribution in [1.82, 2.24) is 4.98 Å². The molecule has 1 aromatic carbocycles. The third kappa shape index (κ3) is 3.47. The van der Waals surface area contributed by atoms with Crippen LogP contribution in [0.3, 0.4) is 0 Å². The van der Waals surface area contributed by atoms with Crippen LogP contribution in [-0.2, 0) is 6.18 Å². The first-order chi connectivity index (χ1) is 9.68. The number of benzene rings is 1. The zero-order valence-corrected chi connectivity index (χ0v) is 12.4. The molecule has 0 saturated heterocycles. The number of nitrogens with zero attached hydrogens (tertiary/aromatic N) is 1. The summed E-state index contributed by atoms with van der Waals surface area (Å²) in [4.78, 5) is 3.80. The standard InChI is InChI=1S/C15H13ClF3NO/c1-8-4-5-9(2)14(10(8)3)21-13-7-11(15(17,18)19)6-12(16)20-13/h4-7H,1-3H3. The van der Waals surface area contributed by atoms with Crippen molar-refractivity contribution in [3.05, 3.63) is 51.7 Å². The Kier molecular flexibility index (Phi) is 4.14. The lowest BCUT2D eigenvalue weighted by Crippen LogP contribution is -2.06. The van der Waals surface area contributed by atoms with Gasteiger partial charge in [-0.25, -0.2) is 4.98 Å². The van der Waals surface area contributed by atoms with Gasteiger partial charge in [0.1, 0.15) is 10.9 Å². The molecule has 0 aliphatic carbocycles. The van der Waals surface area contributed by atoms with E-state index in [1.165, 1.54) is 0 Å². The minimum atomic E-state index is -4.50. The zero-order valence-electron chi connectivity index (χ0n) is 11.7. The van der Waals surface area contributed by atoms with E-state index in [1.807, 2.05) is 32.9 Å². The van der Waals surface area contributed by atoms with Crippen LogP contribution in [0.1, 0.15) is 22.3 Å². The maximum Gasteiger partial charge on any atom is 0.416 e. The molecule has 21 heavy (non-hydrogen) atoms. The molecule has 0 bridgehead atoms. The molecule has 0 fully saturated rings. The second-order valence-corrected chi connectivity index (χ2v) is 5.16. The predicted octanol–water partition coefficient (Wildman–Crippen LogP) is 5.47. The van der Waals surface area contributed by atoms with Crippen LogP contribution in [0, 0.1) is 20.8 Å². The number of hydrogen-bond donors (Lipinski definition) is 0. The first-order valence-electron chi connectivity index (χ1n) is 6.18. The van der Waals surface area contributed by atoms with Gasteiger partial charge in [0.25, 0.3) is 0 Å². The highest BCUT2D eigenvalue weighted by atomic mass is 35.5. The molecule has 0 saturated carbocycles. The molecule has 0 N–H and O–H groups in total. The van der Waals surface area contributed by atoms with Crippen molar-refractivity contribution >= 4 is 11.6 Å². The average molecular weight is 316 g/mol. The summed E-state index contributed by atoms with van der Waals surface area (Å²) in [6.45, 7) is 5.55. The van der Waals surface area contributed by atoms with E-state index in [9.17, 15) is 13.2 Å². The lowest BCUT2D eigenvalue weighted by molar-refractivity contribution is -0.137. The molecular formula is C15H13ClF3NO. The molecular weight excluding hydrogens is 303 g/mol. The summed E-state index contributed by atoms with van der Waals surface area (Å²) in [5, 5.41) is -0.261. The van der Waals surface area contributed by atoms with Gasteiger partial charge >= 0.3 is 6.18 Å². The number of pyridine rings is 1. The van der Waals surface area contributed by atoms with Crippen LogP contribution in [0.5, 0.6) is 11.6 Å². The van der Waals surface area contributed by atoms with Crippen LogP contribution in [-0.4, -0.2) is 4.98 Å². The van der Waals surface area contributed by atoms with Gasteiger partial charge in [-0.2, -0.15) is 13.2 Å². The van der Waals surface area contributed by atoms with E-state index in [4.69, 9.17) is 16.3 Å². The summed E-state index contributed by atoms with van der Waals surface area (Å²) in [5.74, 6) is 0.324. The minimum Gasteiger partial charge on any atom is -0.438 e. The fraction of sp³-hybridized carbons (Fsp3) is 0.267. The Labute approximate surface area is 125 Å². The van der Waals surface area contributed by atoms with E-state index < -0.39 is 11.7 Å². The van der Waals surface area contributed by atoms with Crippen molar-refractivity contribution in [1.29, 1.82) is 0 Å². The van der Waals surface area contributed by atoms with Gasteiger partial charge in [-0.1, -0.05) is 23.7 Å². The molecule has 0 aliphatic heterocycles. The molecule has 0 spiro atoms. The number of alkyl halides is 3. The zero-order chi connectivity index (χ0) is 15.8. The summed E-state index contributed by atoms with van der Waals surface area (Å²) < 4.78 is 43.8. The van der Waals surface area contributed by atoms with Crippen LogP contribution < -0.4 is 4.74 Å². The lowest BCUT2D eigenvalue weighted by atomic mass is 10.1. The van der Waals surface area contributed by atoms with Gasteiger partial charge < -0.3 is 4.74 Å². The maximum absolute atomic E-state index is 12.8. The molecule has 0 unspecified atom stereocenters.